The van der Waals surface area contributed by atoms with Gasteiger partial charge in [-0.3, -0.25) is 0 Å². The van der Waals surface area contributed by atoms with Gasteiger partial charge in [0.25, 0.3) is 0 Å². The van der Waals surface area contributed by atoms with Crippen molar-refractivity contribution in [1.29, 1.82) is 0 Å². The van der Waals surface area contributed by atoms with Crippen LogP contribution in [0.15, 0.2) is 4.40 Å². The van der Waals surface area contributed by atoms with Crippen LogP contribution in [0.25, 0.3) is 0 Å². The highest BCUT2D eigenvalue weighted by Gasteiger charge is 2.16. The van der Waals surface area contributed by atoms with Gasteiger partial charge in [0.15, 0.2) is 0 Å². The topological polar surface area (TPSA) is 24.4 Å². The molecule has 0 amide bonds. The number of rotatable bonds is 0. The van der Waals surface area contributed by atoms with Crippen LogP contribution in [0.3, 0.4) is 0 Å². The molecule has 0 aliphatic carbocycles. The summed E-state index contributed by atoms with van der Waals surface area (Å²) in [6, 6.07) is 0. The molecule has 4 heteroatoms. The van der Waals surface area contributed by atoms with Crippen molar-refractivity contribution in [3.63, 3.8) is 0 Å². The molecule has 54 valence electrons. The van der Waals surface area contributed by atoms with Gasteiger partial charge in [-0.25, -0.2) is 4.40 Å². The Bertz CT molecular complexity index is 115. The third-order valence-corrected chi connectivity index (χ3v) is 1.33. The maximum Gasteiger partial charge on any atom is 0.125 e. The second-order valence-corrected chi connectivity index (χ2v) is 3.23. The quantitative estimate of drug-likeness (QED) is 0.283. The van der Waals surface area contributed by atoms with Crippen LogP contribution in [-0.2, 0) is 0 Å². The lowest BCUT2D eigenvalue weighted by molar-refractivity contribution is 0.583. The van der Waals surface area contributed by atoms with Crippen LogP contribution >= 0.6 is 25.6 Å². The van der Waals surface area contributed by atoms with Crippen molar-refractivity contribution in [2.45, 2.75) is 20.8 Å². The molecule has 0 aromatic carbocycles. The molecule has 1 N–H and O–H groups in total. The first kappa shape index (κ1) is 9.17. The molecule has 0 radical (unpaired) electrons. The summed E-state index contributed by atoms with van der Waals surface area (Å²) < 4.78 is 6.36. The Labute approximate surface area is 67.2 Å². The summed E-state index contributed by atoms with van der Waals surface area (Å²) in [5.74, 6) is 0.772. The molecule has 0 aliphatic rings. The molecule has 0 bridgehead atoms. The van der Waals surface area contributed by atoms with Crippen molar-refractivity contribution >= 4 is 31.5 Å². The summed E-state index contributed by atoms with van der Waals surface area (Å²) >= 11 is 7.63. The van der Waals surface area contributed by atoms with Crippen molar-refractivity contribution < 1.29 is 0 Å². The molecular formula is C5H12N2S2. The third-order valence-electron chi connectivity index (χ3n) is 0.916. The summed E-state index contributed by atoms with van der Waals surface area (Å²) in [7, 11) is 0. The fourth-order valence-corrected chi connectivity index (χ4v) is 1.15. The van der Waals surface area contributed by atoms with Crippen LogP contribution in [0, 0.1) is 5.41 Å². The second-order valence-electron chi connectivity index (χ2n) is 2.81. The van der Waals surface area contributed by atoms with Crippen LogP contribution in [0.5, 0.6) is 0 Å². The lowest BCUT2D eigenvalue weighted by Gasteiger charge is -2.18. The van der Waals surface area contributed by atoms with E-state index in [1.54, 1.807) is 0 Å². The van der Waals surface area contributed by atoms with Gasteiger partial charge >= 0.3 is 0 Å². The highest BCUT2D eigenvalue weighted by Crippen LogP contribution is 2.14. The van der Waals surface area contributed by atoms with E-state index in [2.05, 4.69) is 34.7 Å². The predicted octanol–water partition coefficient (Wildman–Crippen LogP) is 1.71. The first-order valence-corrected chi connectivity index (χ1v) is 3.49. The van der Waals surface area contributed by atoms with Crippen molar-refractivity contribution in [3.05, 3.63) is 0 Å². The second kappa shape index (κ2) is 3.37. The molecule has 0 spiro atoms. The summed E-state index contributed by atoms with van der Waals surface area (Å²) in [6.45, 7) is 6.10. The largest absolute Gasteiger partial charge is 0.320 e. The lowest BCUT2D eigenvalue weighted by atomic mass is 9.96. The van der Waals surface area contributed by atoms with E-state index < -0.39 is 0 Å². The van der Waals surface area contributed by atoms with Crippen LogP contribution in [-0.4, -0.2) is 5.84 Å². The maximum absolute atomic E-state index is 3.86. The van der Waals surface area contributed by atoms with Crippen LogP contribution in [0.4, 0.5) is 0 Å². The fourth-order valence-electron chi connectivity index (χ4n) is 0.340. The van der Waals surface area contributed by atoms with E-state index in [9.17, 15) is 0 Å². The van der Waals surface area contributed by atoms with Gasteiger partial charge in [-0.05, 0) is 12.8 Å². The van der Waals surface area contributed by atoms with E-state index in [1.165, 1.54) is 0 Å². The monoisotopic (exact) mass is 164 g/mol. The van der Waals surface area contributed by atoms with Gasteiger partial charge in [0, 0.05) is 5.41 Å². The predicted molar refractivity (Wildman–Crippen MR) is 48.0 cm³/mol. The Hall–Kier alpha value is 0.170. The summed E-state index contributed by atoms with van der Waals surface area (Å²) in [4.78, 5) is 0. The summed E-state index contributed by atoms with van der Waals surface area (Å²) in [6.07, 6.45) is 0. The van der Waals surface area contributed by atoms with Gasteiger partial charge in [-0.2, -0.15) is 0 Å². The van der Waals surface area contributed by atoms with E-state index in [0.717, 1.165) is 5.84 Å². The zero-order valence-corrected chi connectivity index (χ0v) is 7.63. The minimum absolute atomic E-state index is 0.00347. The molecule has 0 aromatic heterocycles. The number of nitrogens with one attached hydrogen (secondary N) is 1. The Balaban J connectivity index is 4.14. The highest BCUT2D eigenvalue weighted by molar-refractivity contribution is 7.80. The van der Waals surface area contributed by atoms with Crippen molar-refractivity contribution in [2.75, 3.05) is 0 Å². The van der Waals surface area contributed by atoms with Gasteiger partial charge in [-0.15, -0.1) is 0 Å². The van der Waals surface area contributed by atoms with Crippen molar-refractivity contribution in [3.8, 4) is 0 Å². The molecule has 0 heterocycles. The number of amidine groups is 1. The molecule has 0 unspecified atom stereocenters. The number of nitrogens with zero attached hydrogens (tertiary/aromatic N) is 1. The van der Waals surface area contributed by atoms with E-state index >= 15 is 0 Å². The molecule has 0 fully saturated rings. The molecule has 0 saturated carbocycles. The average Bonchev–Trinajstić information content (AvgIpc) is 1.65. The molecule has 0 aromatic rings. The van der Waals surface area contributed by atoms with E-state index in [1.807, 2.05) is 20.8 Å². The summed E-state index contributed by atoms with van der Waals surface area (Å²) in [5, 5.41) is 0. The highest BCUT2D eigenvalue weighted by atomic mass is 32.1. The van der Waals surface area contributed by atoms with Crippen molar-refractivity contribution in [1.82, 2.24) is 4.72 Å². The molecule has 0 saturated heterocycles. The van der Waals surface area contributed by atoms with Gasteiger partial charge < -0.3 is 4.72 Å². The van der Waals surface area contributed by atoms with Gasteiger partial charge in [0.05, 0.1) is 0 Å². The normalized spacial score (nSPS) is 13.7. The van der Waals surface area contributed by atoms with Crippen molar-refractivity contribution in [2.24, 2.45) is 9.81 Å². The van der Waals surface area contributed by atoms with Crippen LogP contribution in [0.2, 0.25) is 0 Å². The van der Waals surface area contributed by atoms with E-state index in [-0.39, 0.29) is 5.41 Å². The molecule has 9 heavy (non-hydrogen) atoms. The third kappa shape index (κ3) is 3.01. The Morgan fingerprint density at radius 2 is 1.89 bits per heavy atom. The maximum atomic E-state index is 3.86. The van der Waals surface area contributed by atoms with Crippen LogP contribution in [0.1, 0.15) is 20.8 Å². The first-order valence-electron chi connectivity index (χ1n) is 2.65. The standard InChI is InChI=1S/C5H12N2S2/c1-5(2,3)4(6-8)7-9/h8-9H,1-3H3,(H,6,7). The van der Waals surface area contributed by atoms with Gasteiger partial charge in [0.1, 0.15) is 5.84 Å². The Morgan fingerprint density at radius 3 is 1.89 bits per heavy atom. The molecule has 0 rings (SSSR count). The van der Waals surface area contributed by atoms with E-state index in [4.69, 9.17) is 0 Å². The smallest absolute Gasteiger partial charge is 0.125 e. The Morgan fingerprint density at radius 1 is 1.44 bits per heavy atom. The minimum atomic E-state index is 0.00347. The molecule has 0 aliphatic heterocycles. The molecule has 2 nitrogen and oxygen atoms in total. The average molecular weight is 164 g/mol. The molecular weight excluding hydrogens is 152 g/mol. The SMILES string of the molecule is CC(C)(C)/C(=N/S)NS. The zero-order chi connectivity index (χ0) is 7.49. The van der Waals surface area contributed by atoms with E-state index in [0.29, 0.717) is 0 Å². The number of thiol groups is 2. The first-order chi connectivity index (χ1) is 4.02. The minimum Gasteiger partial charge on any atom is -0.320 e. The Kier molecular flexibility index (Phi) is 3.43. The van der Waals surface area contributed by atoms with Gasteiger partial charge in [0.2, 0.25) is 0 Å². The molecule has 0 atom stereocenters. The number of hydrogen-bond acceptors (Lipinski definition) is 3. The lowest BCUT2D eigenvalue weighted by Crippen LogP contribution is -2.28. The number of hydrogen-bond donors (Lipinski definition) is 3. The van der Waals surface area contributed by atoms with Crippen LogP contribution < -0.4 is 4.72 Å². The zero-order valence-electron chi connectivity index (χ0n) is 5.84. The fraction of sp³-hybridized carbons (Fsp3) is 0.800. The summed E-state index contributed by atoms with van der Waals surface area (Å²) in [5.41, 5.74) is 0.00347. The van der Waals surface area contributed by atoms with Gasteiger partial charge in [-0.1, -0.05) is 33.6 Å².